The summed E-state index contributed by atoms with van der Waals surface area (Å²) in [5.74, 6) is 0. The van der Waals surface area contributed by atoms with E-state index >= 15 is 0 Å². The fourth-order valence-electron chi connectivity index (χ4n) is 1.30. The topological polar surface area (TPSA) is 58.2 Å². The molecule has 0 aliphatic rings. The molecule has 0 spiro atoms. The highest BCUT2D eigenvalue weighted by Gasteiger charge is 2.24. The highest BCUT2D eigenvalue weighted by Crippen LogP contribution is 2.17. The summed E-state index contributed by atoms with van der Waals surface area (Å²) < 4.78 is 26.8. The summed E-state index contributed by atoms with van der Waals surface area (Å²) in [6, 6.07) is 6.68. The predicted octanol–water partition coefficient (Wildman–Crippen LogP) is 2.20. The fourth-order valence-corrected chi connectivity index (χ4v) is 2.78. The molecule has 0 aromatic heterocycles. The summed E-state index contributed by atoms with van der Waals surface area (Å²) in [4.78, 5) is 0.290. The second-order valence-corrected chi connectivity index (χ2v) is 6.30. The Morgan fingerprint density at radius 1 is 1.18 bits per heavy atom. The van der Waals surface area contributed by atoms with Crippen molar-refractivity contribution < 1.29 is 8.42 Å². The number of sulfonamides is 1. The highest BCUT2D eigenvalue weighted by molar-refractivity contribution is 7.89. The van der Waals surface area contributed by atoms with E-state index in [-0.39, 0.29) is 4.90 Å². The number of nitrogens with one attached hydrogen (secondary N) is 2. The monoisotopic (exact) mass is 256 g/mol. The minimum atomic E-state index is -3.43. The lowest BCUT2D eigenvalue weighted by Crippen LogP contribution is -2.42. The van der Waals surface area contributed by atoms with Gasteiger partial charge in [-0.1, -0.05) is 6.92 Å². The molecule has 0 heterocycles. The van der Waals surface area contributed by atoms with E-state index in [0.29, 0.717) is 0 Å². The van der Waals surface area contributed by atoms with Crippen molar-refractivity contribution in [1.29, 1.82) is 0 Å². The number of anilines is 1. The van der Waals surface area contributed by atoms with Gasteiger partial charge in [-0.25, -0.2) is 13.1 Å². The molecule has 0 radical (unpaired) electrons. The van der Waals surface area contributed by atoms with Gasteiger partial charge in [-0.3, -0.25) is 0 Å². The Kier molecular flexibility index (Phi) is 4.16. The molecule has 2 N–H and O–H groups in total. The minimum absolute atomic E-state index is 0.290. The number of rotatable bonds is 5. The van der Waals surface area contributed by atoms with E-state index in [1.54, 1.807) is 31.3 Å². The van der Waals surface area contributed by atoms with Gasteiger partial charge in [-0.2, -0.15) is 0 Å². The van der Waals surface area contributed by atoms with Crippen molar-refractivity contribution >= 4 is 15.7 Å². The summed E-state index contributed by atoms with van der Waals surface area (Å²) in [6.07, 6.45) is 0.737. The van der Waals surface area contributed by atoms with Crippen molar-refractivity contribution in [2.24, 2.45) is 0 Å². The number of benzene rings is 1. The third-order valence-electron chi connectivity index (χ3n) is 2.75. The van der Waals surface area contributed by atoms with Crippen LogP contribution in [-0.2, 0) is 10.0 Å². The van der Waals surface area contributed by atoms with Gasteiger partial charge in [-0.15, -0.1) is 0 Å². The summed E-state index contributed by atoms with van der Waals surface area (Å²) >= 11 is 0. The normalized spacial score (nSPS) is 12.5. The number of hydrogen-bond donors (Lipinski definition) is 2. The first-order valence-electron chi connectivity index (χ1n) is 5.62. The third-order valence-corrected chi connectivity index (χ3v) is 4.46. The Balaban J connectivity index is 2.97. The van der Waals surface area contributed by atoms with E-state index in [0.717, 1.165) is 12.1 Å². The van der Waals surface area contributed by atoms with Crippen molar-refractivity contribution in [3.8, 4) is 0 Å². The molecule has 17 heavy (non-hydrogen) atoms. The van der Waals surface area contributed by atoms with Gasteiger partial charge in [0.15, 0.2) is 0 Å². The van der Waals surface area contributed by atoms with E-state index in [9.17, 15) is 8.42 Å². The van der Waals surface area contributed by atoms with Gasteiger partial charge in [0.2, 0.25) is 10.0 Å². The van der Waals surface area contributed by atoms with Crippen LogP contribution in [0.25, 0.3) is 0 Å². The lowest BCUT2D eigenvalue weighted by Gasteiger charge is -2.24. The molecule has 4 nitrogen and oxygen atoms in total. The maximum Gasteiger partial charge on any atom is 0.241 e. The van der Waals surface area contributed by atoms with Crippen LogP contribution in [0.2, 0.25) is 0 Å². The highest BCUT2D eigenvalue weighted by atomic mass is 32.2. The first-order chi connectivity index (χ1) is 7.80. The molecule has 0 fully saturated rings. The Morgan fingerprint density at radius 3 is 2.12 bits per heavy atom. The second kappa shape index (κ2) is 5.06. The quantitative estimate of drug-likeness (QED) is 0.849. The Hall–Kier alpha value is -1.07. The molecule has 5 heteroatoms. The van der Waals surface area contributed by atoms with Gasteiger partial charge >= 0.3 is 0 Å². The average Bonchev–Trinajstić information content (AvgIpc) is 2.28. The summed E-state index contributed by atoms with van der Waals surface area (Å²) in [6.45, 7) is 5.69. The molecule has 0 amide bonds. The molecule has 0 bridgehead atoms. The van der Waals surface area contributed by atoms with E-state index in [1.807, 2.05) is 20.8 Å². The van der Waals surface area contributed by atoms with Crippen molar-refractivity contribution in [2.75, 3.05) is 12.4 Å². The Bertz CT molecular complexity index is 464. The zero-order valence-electron chi connectivity index (χ0n) is 10.7. The largest absolute Gasteiger partial charge is 0.388 e. The van der Waals surface area contributed by atoms with Crippen LogP contribution in [0.15, 0.2) is 29.2 Å². The maximum absolute atomic E-state index is 12.1. The van der Waals surface area contributed by atoms with Crippen LogP contribution in [0.3, 0.4) is 0 Å². The van der Waals surface area contributed by atoms with Crippen molar-refractivity contribution in [3.05, 3.63) is 24.3 Å². The summed E-state index contributed by atoms with van der Waals surface area (Å²) in [5.41, 5.74) is 0.458. The average molecular weight is 256 g/mol. The Labute approximate surface area is 103 Å². The Morgan fingerprint density at radius 2 is 1.71 bits per heavy atom. The molecule has 1 aromatic rings. The number of hydrogen-bond acceptors (Lipinski definition) is 3. The molecule has 1 rings (SSSR count). The van der Waals surface area contributed by atoms with Crippen molar-refractivity contribution in [3.63, 3.8) is 0 Å². The molecule has 1 aromatic carbocycles. The molecule has 0 aliphatic heterocycles. The summed E-state index contributed by atoms with van der Waals surface area (Å²) in [7, 11) is -1.64. The van der Waals surface area contributed by atoms with Crippen LogP contribution in [0.5, 0.6) is 0 Å². The summed E-state index contributed by atoms with van der Waals surface area (Å²) in [5, 5.41) is 2.95. The lowest BCUT2D eigenvalue weighted by molar-refractivity contribution is 0.439. The smallest absolute Gasteiger partial charge is 0.241 e. The van der Waals surface area contributed by atoms with Crippen LogP contribution in [-0.4, -0.2) is 21.0 Å². The van der Waals surface area contributed by atoms with Crippen LogP contribution < -0.4 is 10.0 Å². The van der Waals surface area contributed by atoms with Crippen LogP contribution in [0.1, 0.15) is 27.2 Å². The second-order valence-electron chi connectivity index (χ2n) is 4.62. The lowest BCUT2D eigenvalue weighted by atomic mass is 10.0. The van der Waals surface area contributed by atoms with Crippen molar-refractivity contribution in [2.45, 2.75) is 37.6 Å². The van der Waals surface area contributed by atoms with Gasteiger partial charge in [0.25, 0.3) is 0 Å². The van der Waals surface area contributed by atoms with Crippen LogP contribution >= 0.6 is 0 Å². The van der Waals surface area contributed by atoms with Gasteiger partial charge in [0, 0.05) is 18.3 Å². The van der Waals surface area contributed by atoms with Gasteiger partial charge in [0.05, 0.1) is 4.90 Å². The van der Waals surface area contributed by atoms with E-state index in [1.165, 1.54) is 0 Å². The third kappa shape index (κ3) is 3.71. The van der Waals surface area contributed by atoms with Crippen LogP contribution in [0.4, 0.5) is 5.69 Å². The molecule has 0 atom stereocenters. The molecule has 0 unspecified atom stereocenters. The van der Waals surface area contributed by atoms with Crippen LogP contribution in [0, 0.1) is 0 Å². The zero-order chi connectivity index (χ0) is 13.1. The zero-order valence-corrected chi connectivity index (χ0v) is 11.6. The molecular formula is C12H20N2O2S. The van der Waals surface area contributed by atoms with Crippen molar-refractivity contribution in [1.82, 2.24) is 4.72 Å². The first kappa shape index (κ1) is 14.0. The van der Waals surface area contributed by atoms with Gasteiger partial charge in [-0.05, 0) is 44.5 Å². The molecule has 96 valence electrons. The predicted molar refractivity (Wildman–Crippen MR) is 70.7 cm³/mol. The van der Waals surface area contributed by atoms with E-state index in [2.05, 4.69) is 10.0 Å². The SMILES string of the molecule is CCC(C)(C)NS(=O)(=O)c1ccc(NC)cc1. The van der Waals surface area contributed by atoms with Gasteiger partial charge < -0.3 is 5.32 Å². The standard InChI is InChI=1S/C12H20N2O2S/c1-5-12(2,3)14-17(15,16)11-8-6-10(13-4)7-9-11/h6-9,13-14H,5H2,1-4H3. The molecule has 0 saturated carbocycles. The molecule has 0 aliphatic carbocycles. The van der Waals surface area contributed by atoms with E-state index in [4.69, 9.17) is 0 Å². The minimum Gasteiger partial charge on any atom is -0.388 e. The van der Waals surface area contributed by atoms with E-state index < -0.39 is 15.6 Å². The first-order valence-corrected chi connectivity index (χ1v) is 7.11. The maximum atomic E-state index is 12.1. The van der Waals surface area contributed by atoms with Gasteiger partial charge in [0.1, 0.15) is 0 Å². The molecule has 0 saturated heterocycles. The molecular weight excluding hydrogens is 236 g/mol. The fraction of sp³-hybridized carbons (Fsp3) is 0.500.